The highest BCUT2D eigenvalue weighted by Crippen LogP contribution is 2.26. The lowest BCUT2D eigenvalue weighted by Gasteiger charge is -2.22. The van der Waals surface area contributed by atoms with Crippen molar-refractivity contribution in [2.75, 3.05) is 0 Å². The van der Waals surface area contributed by atoms with Gasteiger partial charge in [0.2, 0.25) is 11.8 Å². The van der Waals surface area contributed by atoms with E-state index in [0.29, 0.717) is 18.8 Å². The molecule has 6 nitrogen and oxygen atoms in total. The fraction of sp³-hybridized carbons (Fsp3) is 0.800. The van der Waals surface area contributed by atoms with Gasteiger partial charge in [-0.1, -0.05) is 26.2 Å². The summed E-state index contributed by atoms with van der Waals surface area (Å²) in [4.78, 5) is 34.6. The third kappa shape index (κ3) is 6.14. The van der Waals surface area contributed by atoms with E-state index < -0.39 is 24.0 Å². The maximum Gasteiger partial charge on any atom is 0.326 e. The molecule has 1 aliphatic rings. The molecule has 0 aliphatic heterocycles. The highest BCUT2D eigenvalue weighted by Gasteiger charge is 2.23. The molecule has 21 heavy (non-hydrogen) atoms. The predicted octanol–water partition coefficient (Wildman–Crippen LogP) is 1.44. The molecule has 1 rings (SSSR count). The van der Waals surface area contributed by atoms with Gasteiger partial charge in [-0.2, -0.15) is 0 Å². The highest BCUT2D eigenvalue weighted by molar-refractivity contribution is 5.90. The van der Waals surface area contributed by atoms with E-state index in [2.05, 4.69) is 10.6 Å². The molecule has 2 amide bonds. The second-order valence-electron chi connectivity index (χ2n) is 5.81. The Morgan fingerprint density at radius 2 is 1.76 bits per heavy atom. The topological polar surface area (TPSA) is 95.5 Å². The number of aliphatic carboxylic acids is 1. The van der Waals surface area contributed by atoms with E-state index in [1.54, 1.807) is 13.8 Å². The van der Waals surface area contributed by atoms with Crippen molar-refractivity contribution >= 4 is 17.8 Å². The summed E-state index contributed by atoms with van der Waals surface area (Å²) in [6.07, 6.45) is 6.49. The molecule has 1 fully saturated rings. The maximum atomic E-state index is 11.9. The van der Waals surface area contributed by atoms with Gasteiger partial charge in [0.05, 0.1) is 0 Å². The Morgan fingerprint density at radius 1 is 1.14 bits per heavy atom. The first-order valence-electron chi connectivity index (χ1n) is 7.76. The van der Waals surface area contributed by atoms with Crippen molar-refractivity contribution in [3.63, 3.8) is 0 Å². The number of carboxylic acids is 1. The van der Waals surface area contributed by atoms with Crippen LogP contribution in [0.15, 0.2) is 0 Å². The van der Waals surface area contributed by atoms with E-state index in [4.69, 9.17) is 5.11 Å². The van der Waals surface area contributed by atoms with E-state index in [1.807, 2.05) is 0 Å². The lowest BCUT2D eigenvalue weighted by molar-refractivity contribution is -0.142. The molecule has 0 aromatic rings. The third-order valence-electron chi connectivity index (χ3n) is 3.99. The second-order valence-corrected chi connectivity index (χ2v) is 5.81. The Labute approximate surface area is 125 Å². The summed E-state index contributed by atoms with van der Waals surface area (Å²) in [5.41, 5.74) is 0. The minimum Gasteiger partial charge on any atom is -0.480 e. The van der Waals surface area contributed by atoms with Crippen LogP contribution in [0.1, 0.15) is 58.8 Å². The summed E-state index contributed by atoms with van der Waals surface area (Å²) < 4.78 is 0. The van der Waals surface area contributed by atoms with Crippen LogP contribution in [0.2, 0.25) is 0 Å². The number of amides is 2. The molecular weight excluding hydrogens is 272 g/mol. The first-order valence-corrected chi connectivity index (χ1v) is 7.76. The van der Waals surface area contributed by atoms with Gasteiger partial charge in [-0.3, -0.25) is 9.59 Å². The average Bonchev–Trinajstić information content (AvgIpc) is 2.44. The van der Waals surface area contributed by atoms with Crippen LogP contribution < -0.4 is 10.6 Å². The minimum atomic E-state index is -1.06. The fourth-order valence-electron chi connectivity index (χ4n) is 2.65. The normalized spacial score (nSPS) is 18.6. The number of hydrogen-bond acceptors (Lipinski definition) is 3. The molecular formula is C15H26N2O4. The second kappa shape index (κ2) is 8.64. The number of carbonyl (C=O) groups excluding carboxylic acids is 2. The standard InChI is InChI=1S/C15H26N2O4/c1-3-12(15(20)21)17-14(19)10(2)16-13(18)9-11-7-5-4-6-8-11/h10-12H,3-9H2,1-2H3,(H,16,18)(H,17,19)(H,20,21). The van der Waals surface area contributed by atoms with Crippen LogP contribution in [-0.2, 0) is 14.4 Å². The van der Waals surface area contributed by atoms with Crippen molar-refractivity contribution < 1.29 is 19.5 Å². The SMILES string of the molecule is CCC(NC(=O)C(C)NC(=O)CC1CCCCC1)C(=O)O. The van der Waals surface area contributed by atoms with Gasteiger partial charge in [0.1, 0.15) is 12.1 Å². The molecule has 0 heterocycles. The van der Waals surface area contributed by atoms with Crippen LogP contribution in [-0.4, -0.2) is 35.0 Å². The van der Waals surface area contributed by atoms with Gasteiger partial charge in [-0.05, 0) is 32.1 Å². The number of carbonyl (C=O) groups is 3. The Balaban J connectivity index is 2.36. The zero-order valence-electron chi connectivity index (χ0n) is 12.9. The summed E-state index contributed by atoms with van der Waals surface area (Å²) >= 11 is 0. The van der Waals surface area contributed by atoms with E-state index in [0.717, 1.165) is 12.8 Å². The summed E-state index contributed by atoms with van der Waals surface area (Å²) in [6.45, 7) is 3.26. The maximum absolute atomic E-state index is 11.9. The van der Waals surface area contributed by atoms with Gasteiger partial charge >= 0.3 is 5.97 Å². The van der Waals surface area contributed by atoms with Gasteiger partial charge < -0.3 is 15.7 Å². The van der Waals surface area contributed by atoms with Crippen molar-refractivity contribution in [2.24, 2.45) is 5.92 Å². The number of hydrogen-bond donors (Lipinski definition) is 3. The van der Waals surface area contributed by atoms with Crippen LogP contribution >= 0.6 is 0 Å². The first kappa shape index (κ1) is 17.5. The first-order chi connectivity index (χ1) is 9.93. The molecule has 120 valence electrons. The van der Waals surface area contributed by atoms with E-state index in [-0.39, 0.29) is 5.91 Å². The monoisotopic (exact) mass is 298 g/mol. The van der Waals surface area contributed by atoms with Crippen LogP contribution in [0.5, 0.6) is 0 Å². The summed E-state index contributed by atoms with van der Waals surface area (Å²) in [5.74, 6) is -1.24. The molecule has 0 spiro atoms. The number of carboxylic acid groups (broad SMARTS) is 1. The van der Waals surface area contributed by atoms with Crippen molar-refractivity contribution in [3.05, 3.63) is 0 Å². The average molecular weight is 298 g/mol. The lowest BCUT2D eigenvalue weighted by atomic mass is 9.87. The summed E-state index contributed by atoms with van der Waals surface area (Å²) in [7, 11) is 0. The molecule has 0 radical (unpaired) electrons. The van der Waals surface area contributed by atoms with Crippen molar-refractivity contribution in [3.8, 4) is 0 Å². The molecule has 0 saturated heterocycles. The smallest absolute Gasteiger partial charge is 0.326 e. The van der Waals surface area contributed by atoms with Crippen LogP contribution in [0.3, 0.4) is 0 Å². The summed E-state index contributed by atoms with van der Waals surface area (Å²) in [6, 6.07) is -1.62. The molecule has 6 heteroatoms. The third-order valence-corrected chi connectivity index (χ3v) is 3.99. The Bertz CT molecular complexity index is 378. The largest absolute Gasteiger partial charge is 0.480 e. The fourth-order valence-corrected chi connectivity index (χ4v) is 2.65. The van der Waals surface area contributed by atoms with E-state index in [9.17, 15) is 14.4 Å². The summed E-state index contributed by atoms with van der Waals surface area (Å²) in [5, 5.41) is 14.0. The Kier molecular flexibility index (Phi) is 7.19. The molecule has 1 aliphatic carbocycles. The zero-order chi connectivity index (χ0) is 15.8. The van der Waals surface area contributed by atoms with Crippen LogP contribution in [0, 0.1) is 5.92 Å². The molecule has 0 bridgehead atoms. The molecule has 3 N–H and O–H groups in total. The van der Waals surface area contributed by atoms with Crippen LogP contribution in [0.4, 0.5) is 0 Å². The highest BCUT2D eigenvalue weighted by atomic mass is 16.4. The van der Waals surface area contributed by atoms with Gasteiger partial charge in [0.25, 0.3) is 0 Å². The molecule has 0 aromatic carbocycles. The predicted molar refractivity (Wildman–Crippen MR) is 78.7 cm³/mol. The number of nitrogens with one attached hydrogen (secondary N) is 2. The zero-order valence-corrected chi connectivity index (χ0v) is 12.9. The van der Waals surface area contributed by atoms with Crippen LogP contribution in [0.25, 0.3) is 0 Å². The van der Waals surface area contributed by atoms with E-state index in [1.165, 1.54) is 19.3 Å². The molecule has 2 atom stereocenters. The quantitative estimate of drug-likeness (QED) is 0.662. The molecule has 2 unspecified atom stereocenters. The van der Waals surface area contributed by atoms with Crippen molar-refractivity contribution in [1.82, 2.24) is 10.6 Å². The Morgan fingerprint density at radius 3 is 2.29 bits per heavy atom. The molecule has 0 aromatic heterocycles. The van der Waals surface area contributed by atoms with Gasteiger partial charge in [0, 0.05) is 6.42 Å². The lowest BCUT2D eigenvalue weighted by Crippen LogP contribution is -2.50. The van der Waals surface area contributed by atoms with Gasteiger partial charge in [-0.25, -0.2) is 4.79 Å². The van der Waals surface area contributed by atoms with Crippen molar-refractivity contribution in [1.29, 1.82) is 0 Å². The Hall–Kier alpha value is -1.59. The molecule has 1 saturated carbocycles. The van der Waals surface area contributed by atoms with Gasteiger partial charge in [-0.15, -0.1) is 0 Å². The van der Waals surface area contributed by atoms with E-state index >= 15 is 0 Å². The van der Waals surface area contributed by atoms with Crippen molar-refractivity contribution in [2.45, 2.75) is 70.9 Å². The van der Waals surface area contributed by atoms with Gasteiger partial charge in [0.15, 0.2) is 0 Å². The number of rotatable bonds is 7. The minimum absolute atomic E-state index is 0.132.